The van der Waals surface area contributed by atoms with Crippen LogP contribution in [0.15, 0.2) is 103 Å². The van der Waals surface area contributed by atoms with E-state index >= 15 is 0 Å². The van der Waals surface area contributed by atoms with Gasteiger partial charge in [0, 0.05) is 13.0 Å². The highest BCUT2D eigenvalue weighted by Gasteiger charge is 2.32. The Kier molecular flexibility index (Phi) is 12.8. The average Bonchev–Trinajstić information content (AvgIpc) is 3.20. The number of carbonyl (C=O) groups excluding carboxylic acids is 2. The fourth-order valence-electron chi connectivity index (χ4n) is 6.42. The quantitative estimate of drug-likeness (QED) is 0.101. The molecule has 2 N–H and O–H groups in total. The summed E-state index contributed by atoms with van der Waals surface area (Å²) in [6.45, 7) is 1.09. The van der Waals surface area contributed by atoms with Gasteiger partial charge in [-0.2, -0.15) is 10.1 Å². The van der Waals surface area contributed by atoms with E-state index in [0.717, 1.165) is 38.9 Å². The maximum atomic E-state index is 13.5. The van der Waals surface area contributed by atoms with E-state index in [9.17, 15) is 9.59 Å². The molecular weight excluding hydrogens is 765 g/mol. The number of ether oxygens (including phenoxy) is 3. The smallest absolute Gasteiger partial charge is 0.364 e. The predicted octanol–water partition coefficient (Wildman–Crippen LogP) is 7.89. The van der Waals surface area contributed by atoms with Crippen molar-refractivity contribution in [2.45, 2.75) is 44.2 Å². The number of nitrogens with zero attached hydrogens (tertiary/aromatic N) is 1. The van der Waals surface area contributed by atoms with Crippen molar-refractivity contribution in [2.75, 3.05) is 13.7 Å². The molecule has 0 fully saturated rings. The average molecular weight is 801 g/mol. The number of fused-ring (bicyclic) bond motifs is 2. The summed E-state index contributed by atoms with van der Waals surface area (Å²) in [4.78, 5) is 35.9. The van der Waals surface area contributed by atoms with Crippen molar-refractivity contribution in [1.82, 2.24) is 10.6 Å². The van der Waals surface area contributed by atoms with Crippen LogP contribution in [0.25, 0.3) is 11.1 Å². The van der Waals surface area contributed by atoms with E-state index in [4.69, 9.17) is 47.6 Å². The zero-order valence-corrected chi connectivity index (χ0v) is 31.9. The first kappa shape index (κ1) is 39.4. The van der Waals surface area contributed by atoms with E-state index in [1.807, 2.05) is 78.9 Å². The fraction of sp³-hybridized carbons (Fsp3) is 0.214. The van der Waals surface area contributed by atoms with Gasteiger partial charge in [-0.25, -0.2) is 4.79 Å². The van der Waals surface area contributed by atoms with Gasteiger partial charge in [0.1, 0.15) is 25.0 Å². The third kappa shape index (κ3) is 9.51. The lowest BCUT2D eigenvalue weighted by atomic mass is 9.94. The number of rotatable bonds is 11. The summed E-state index contributed by atoms with van der Waals surface area (Å²) in [7, 11) is 1.24. The number of halogens is 3. The molecule has 2 aliphatic heterocycles. The Morgan fingerprint density at radius 1 is 0.891 bits per heavy atom. The van der Waals surface area contributed by atoms with Gasteiger partial charge >= 0.3 is 5.97 Å². The van der Waals surface area contributed by atoms with Gasteiger partial charge in [-0.1, -0.05) is 77.8 Å². The van der Waals surface area contributed by atoms with E-state index in [0.29, 0.717) is 59.0 Å². The molecule has 0 saturated heterocycles. The molecule has 13 heteroatoms. The van der Waals surface area contributed by atoms with Crippen LogP contribution in [0.1, 0.15) is 39.5 Å². The number of nitrogens with one attached hydrogen (secondary N) is 2. The highest BCUT2D eigenvalue weighted by Crippen LogP contribution is 2.40. The van der Waals surface area contributed by atoms with Crippen LogP contribution in [0.3, 0.4) is 0 Å². The maximum Gasteiger partial charge on any atom is 0.364 e. The minimum absolute atomic E-state index is 0. The summed E-state index contributed by atoms with van der Waals surface area (Å²) in [5, 5.41) is 16.2. The number of benzene rings is 5. The first-order valence-corrected chi connectivity index (χ1v) is 18.0. The van der Waals surface area contributed by atoms with Gasteiger partial charge in [-0.15, -0.1) is 12.4 Å². The lowest BCUT2D eigenvalue weighted by molar-refractivity contribution is -0.256. The Balaban J connectivity index is 0.00000514. The van der Waals surface area contributed by atoms with E-state index in [2.05, 4.69) is 21.6 Å². The third-order valence-corrected chi connectivity index (χ3v) is 10.1. The predicted molar refractivity (Wildman–Crippen MR) is 209 cm³/mol. The largest absolute Gasteiger partial charge is 0.489 e. The molecule has 0 unspecified atom stereocenters. The summed E-state index contributed by atoms with van der Waals surface area (Å²) in [6, 6.07) is 32.4. The van der Waals surface area contributed by atoms with Crippen molar-refractivity contribution < 1.29 is 33.6 Å². The normalized spacial score (nSPS) is 16.0. The van der Waals surface area contributed by atoms with Gasteiger partial charge < -0.3 is 24.8 Å². The van der Waals surface area contributed by atoms with Gasteiger partial charge in [0.25, 0.3) is 0 Å². The lowest BCUT2D eigenvalue weighted by Gasteiger charge is -2.31. The van der Waals surface area contributed by atoms with Crippen LogP contribution >= 0.6 is 35.6 Å². The second kappa shape index (κ2) is 17.9. The minimum Gasteiger partial charge on any atom is -0.489 e. The second-order valence-corrected chi connectivity index (χ2v) is 13.8. The van der Waals surface area contributed by atoms with Gasteiger partial charge in [-0.05, 0) is 93.9 Å². The highest BCUT2D eigenvalue weighted by molar-refractivity contribution is 6.42. The maximum absolute atomic E-state index is 13.5. The minimum atomic E-state index is -0.984. The molecule has 0 aliphatic carbocycles. The van der Waals surface area contributed by atoms with Crippen molar-refractivity contribution in [3.63, 3.8) is 0 Å². The molecule has 2 heterocycles. The van der Waals surface area contributed by atoms with Gasteiger partial charge in [0.05, 0.1) is 34.8 Å². The van der Waals surface area contributed by atoms with Crippen molar-refractivity contribution in [3.05, 3.63) is 147 Å². The molecule has 0 bridgehead atoms. The molecule has 2 aliphatic rings. The second-order valence-electron chi connectivity index (χ2n) is 12.9. The van der Waals surface area contributed by atoms with Crippen LogP contribution in [-0.2, 0) is 45.4 Å². The van der Waals surface area contributed by atoms with Gasteiger partial charge in [-0.3, -0.25) is 9.68 Å². The van der Waals surface area contributed by atoms with Crippen LogP contribution in [0.5, 0.6) is 17.2 Å². The van der Waals surface area contributed by atoms with Crippen LogP contribution in [-0.4, -0.2) is 37.7 Å². The molecule has 1 amide bonds. The summed E-state index contributed by atoms with van der Waals surface area (Å²) in [5.41, 5.74) is 7.12. The molecule has 5 aromatic rings. The van der Waals surface area contributed by atoms with E-state index < -0.39 is 18.1 Å². The molecule has 0 spiro atoms. The number of hydrogen-bond acceptors (Lipinski definition) is 9. The van der Waals surface area contributed by atoms with Crippen molar-refractivity contribution in [2.24, 2.45) is 0 Å². The Labute approximate surface area is 334 Å². The van der Waals surface area contributed by atoms with Gasteiger partial charge in [0.15, 0.2) is 17.6 Å². The number of carbonyl (C=O) groups is 2. The fourth-order valence-corrected chi connectivity index (χ4v) is 6.74. The van der Waals surface area contributed by atoms with Crippen molar-refractivity contribution in [3.8, 4) is 34.4 Å². The summed E-state index contributed by atoms with van der Waals surface area (Å²) < 4.78 is 18.5. The first-order valence-electron chi connectivity index (χ1n) is 17.3. The van der Waals surface area contributed by atoms with Crippen LogP contribution in [0.2, 0.25) is 10.0 Å². The number of amides is 1. The molecule has 282 valence electrons. The monoisotopic (exact) mass is 799 g/mol. The summed E-state index contributed by atoms with van der Waals surface area (Å²) in [6.07, 6.45) is 0.265. The number of nitriles is 1. The van der Waals surface area contributed by atoms with Crippen LogP contribution in [0, 0.1) is 11.3 Å². The summed E-state index contributed by atoms with van der Waals surface area (Å²) in [5.74, 6) is 0.892. The molecule has 5 aromatic carbocycles. The third-order valence-electron chi connectivity index (χ3n) is 9.35. The zero-order valence-electron chi connectivity index (χ0n) is 29.6. The SMILES string of the molecule is COOC(=O)[C@H](Cc1ccc(-c2ccc(C#N)cc2)cc1)NC(=O)[C@@H]1Cc2cc3c(cc2CN1)O[C@H](c1ccc(OCc2ccc(Cl)c(Cl)c2)cc1)CO3.Cl. The Hall–Kier alpha value is -5.28. The molecule has 55 heavy (non-hydrogen) atoms. The topological polar surface area (TPSA) is 128 Å². The molecule has 0 radical (unpaired) electrons. The van der Waals surface area contributed by atoms with Crippen molar-refractivity contribution >= 4 is 47.5 Å². The first-order chi connectivity index (χ1) is 26.3. The zero-order chi connectivity index (χ0) is 37.6. The lowest BCUT2D eigenvalue weighted by Crippen LogP contribution is -2.53. The molecule has 7 rings (SSSR count). The van der Waals surface area contributed by atoms with Crippen LogP contribution < -0.4 is 24.8 Å². The Morgan fingerprint density at radius 2 is 1.58 bits per heavy atom. The Morgan fingerprint density at radius 3 is 2.27 bits per heavy atom. The van der Waals surface area contributed by atoms with Crippen molar-refractivity contribution in [1.29, 1.82) is 5.26 Å². The van der Waals surface area contributed by atoms with E-state index in [1.165, 1.54) is 7.11 Å². The number of hydrogen-bond donors (Lipinski definition) is 2. The molecule has 3 atom stereocenters. The van der Waals surface area contributed by atoms with Crippen LogP contribution in [0.4, 0.5) is 0 Å². The summed E-state index contributed by atoms with van der Waals surface area (Å²) >= 11 is 12.1. The van der Waals surface area contributed by atoms with Gasteiger partial charge in [0.2, 0.25) is 5.91 Å². The Bertz CT molecular complexity index is 2190. The molecule has 10 nitrogen and oxygen atoms in total. The molecule has 0 aromatic heterocycles. The standard InChI is InChI=1S/C42H35Cl2N3O7.ClH/c1-50-54-42(49)37(17-25-2-7-28(8-3-25)29-9-4-26(21-45)5-10-29)47-41(48)36-18-31-19-38-39(20-32(31)22-46-36)53-40(24-52-38)30-11-13-33(14-12-30)51-23-27-6-15-34(43)35(44)16-27;/h2-16,19-20,36-37,40,46H,17-18,22-24H2,1H3,(H,47,48);1H/t36-,37-,40-;/m0./s1. The molecular formula is C42H36Cl3N3O7. The highest BCUT2D eigenvalue weighted by atomic mass is 35.5. The van der Waals surface area contributed by atoms with E-state index in [1.54, 1.807) is 24.3 Å². The molecule has 0 saturated carbocycles. The van der Waals surface area contributed by atoms with E-state index in [-0.39, 0.29) is 30.8 Å².